The highest BCUT2D eigenvalue weighted by Gasteiger charge is 2.19. The summed E-state index contributed by atoms with van der Waals surface area (Å²) in [6.07, 6.45) is 0.00760. The quantitative estimate of drug-likeness (QED) is 0.719. The summed E-state index contributed by atoms with van der Waals surface area (Å²) >= 11 is 0.666. The van der Waals surface area contributed by atoms with Crippen LogP contribution in [-0.2, 0) is 14.8 Å². The van der Waals surface area contributed by atoms with Gasteiger partial charge in [-0.2, -0.15) is 0 Å². The fourth-order valence-corrected chi connectivity index (χ4v) is 3.65. The van der Waals surface area contributed by atoms with Crippen molar-refractivity contribution in [2.24, 2.45) is 0 Å². The number of carboxylic acid groups (broad SMARTS) is 1. The Hall–Kier alpha value is -1.45. The molecule has 21 heavy (non-hydrogen) atoms. The Balaban J connectivity index is 2.57. The van der Waals surface area contributed by atoms with Crippen molar-refractivity contribution in [2.75, 3.05) is 6.54 Å². The molecule has 1 heterocycles. The molecule has 1 amide bonds. The standard InChI is InChI=1S/C12H18N2O5S2/c1-12(2,3)14-9(15)6-7-13-21(18,19)10-5-4-8(20-10)11(16)17/h4-5,13H,6-7H2,1-3H3,(H,14,15)(H,16,17). The maximum atomic E-state index is 11.9. The summed E-state index contributed by atoms with van der Waals surface area (Å²) in [5.41, 5.74) is -0.375. The summed E-state index contributed by atoms with van der Waals surface area (Å²) in [5, 5.41) is 11.5. The van der Waals surface area contributed by atoms with Gasteiger partial charge >= 0.3 is 5.97 Å². The molecule has 0 aliphatic carbocycles. The van der Waals surface area contributed by atoms with Crippen LogP contribution in [0.5, 0.6) is 0 Å². The molecular weight excluding hydrogens is 316 g/mol. The normalized spacial score (nSPS) is 12.1. The lowest BCUT2D eigenvalue weighted by Crippen LogP contribution is -2.41. The Bertz CT molecular complexity index is 628. The van der Waals surface area contributed by atoms with Gasteiger partial charge in [-0.25, -0.2) is 17.9 Å². The van der Waals surface area contributed by atoms with E-state index < -0.39 is 16.0 Å². The molecule has 0 aliphatic heterocycles. The van der Waals surface area contributed by atoms with Crippen molar-refractivity contribution in [1.29, 1.82) is 0 Å². The Morgan fingerprint density at radius 1 is 1.29 bits per heavy atom. The molecule has 0 bridgehead atoms. The number of amides is 1. The number of rotatable bonds is 6. The molecule has 0 fully saturated rings. The number of carboxylic acids is 1. The third-order valence-electron chi connectivity index (χ3n) is 2.22. The van der Waals surface area contributed by atoms with E-state index in [0.29, 0.717) is 11.3 Å². The first-order valence-corrected chi connectivity index (χ1v) is 8.45. The highest BCUT2D eigenvalue weighted by molar-refractivity contribution is 7.91. The van der Waals surface area contributed by atoms with Gasteiger partial charge in [0.1, 0.15) is 9.09 Å². The van der Waals surface area contributed by atoms with Crippen LogP contribution in [0.15, 0.2) is 16.3 Å². The fourth-order valence-electron chi connectivity index (χ4n) is 1.43. The summed E-state index contributed by atoms with van der Waals surface area (Å²) < 4.78 is 26.0. The van der Waals surface area contributed by atoms with Crippen LogP contribution in [0.25, 0.3) is 0 Å². The van der Waals surface area contributed by atoms with Crippen LogP contribution in [0.3, 0.4) is 0 Å². The summed E-state index contributed by atoms with van der Waals surface area (Å²) in [7, 11) is -3.79. The summed E-state index contributed by atoms with van der Waals surface area (Å²) in [6.45, 7) is 5.43. The predicted octanol–water partition coefficient (Wildman–Crippen LogP) is 1.03. The van der Waals surface area contributed by atoms with Gasteiger partial charge in [0.2, 0.25) is 15.9 Å². The Morgan fingerprint density at radius 2 is 1.90 bits per heavy atom. The molecule has 0 saturated carbocycles. The SMILES string of the molecule is CC(C)(C)NC(=O)CCNS(=O)(=O)c1ccc(C(=O)O)s1. The third kappa shape index (κ3) is 5.82. The average Bonchev–Trinajstić information content (AvgIpc) is 2.75. The molecule has 1 aromatic rings. The second-order valence-electron chi connectivity index (χ2n) is 5.37. The minimum atomic E-state index is -3.79. The molecule has 0 aliphatic rings. The largest absolute Gasteiger partial charge is 0.477 e. The van der Waals surface area contributed by atoms with Crippen molar-refractivity contribution in [3.63, 3.8) is 0 Å². The molecule has 7 nitrogen and oxygen atoms in total. The second-order valence-corrected chi connectivity index (χ2v) is 8.45. The Morgan fingerprint density at radius 3 is 2.38 bits per heavy atom. The van der Waals surface area contributed by atoms with E-state index in [1.54, 1.807) is 0 Å². The van der Waals surface area contributed by atoms with Gasteiger partial charge in [-0.15, -0.1) is 11.3 Å². The number of thiophene rings is 1. The van der Waals surface area contributed by atoms with Crippen molar-refractivity contribution in [2.45, 2.75) is 36.9 Å². The topological polar surface area (TPSA) is 113 Å². The van der Waals surface area contributed by atoms with Crippen molar-refractivity contribution in [1.82, 2.24) is 10.0 Å². The number of hydrogen-bond acceptors (Lipinski definition) is 5. The minimum absolute atomic E-state index is 0.00760. The third-order valence-corrected chi connectivity index (χ3v) is 5.24. The van der Waals surface area contributed by atoms with Crippen LogP contribution >= 0.6 is 11.3 Å². The molecule has 1 rings (SSSR count). The monoisotopic (exact) mass is 334 g/mol. The van der Waals surface area contributed by atoms with Crippen LogP contribution < -0.4 is 10.0 Å². The zero-order chi connectivity index (χ0) is 16.3. The highest BCUT2D eigenvalue weighted by Crippen LogP contribution is 2.21. The number of carbonyl (C=O) groups is 2. The number of sulfonamides is 1. The van der Waals surface area contributed by atoms with E-state index in [4.69, 9.17) is 5.11 Å². The maximum absolute atomic E-state index is 11.9. The molecule has 1 aromatic heterocycles. The zero-order valence-corrected chi connectivity index (χ0v) is 13.6. The molecular formula is C12H18N2O5S2. The summed E-state index contributed by atoms with van der Waals surface area (Å²) in [4.78, 5) is 22.2. The van der Waals surface area contributed by atoms with Gasteiger partial charge in [-0.05, 0) is 32.9 Å². The molecule has 0 unspecified atom stereocenters. The highest BCUT2D eigenvalue weighted by atomic mass is 32.2. The van der Waals surface area contributed by atoms with E-state index >= 15 is 0 Å². The average molecular weight is 334 g/mol. The van der Waals surface area contributed by atoms with Gasteiger partial charge < -0.3 is 10.4 Å². The second kappa shape index (κ2) is 6.54. The van der Waals surface area contributed by atoms with Crippen molar-refractivity contribution in [3.05, 3.63) is 17.0 Å². The lowest BCUT2D eigenvalue weighted by atomic mass is 10.1. The lowest BCUT2D eigenvalue weighted by molar-refractivity contribution is -0.122. The predicted molar refractivity (Wildman–Crippen MR) is 79.0 cm³/mol. The van der Waals surface area contributed by atoms with E-state index in [2.05, 4.69) is 10.0 Å². The van der Waals surface area contributed by atoms with Crippen LogP contribution in [0, 0.1) is 0 Å². The zero-order valence-electron chi connectivity index (χ0n) is 12.0. The van der Waals surface area contributed by atoms with E-state index in [1.807, 2.05) is 20.8 Å². The van der Waals surface area contributed by atoms with Crippen LogP contribution in [0.4, 0.5) is 0 Å². The molecule has 118 valence electrons. The van der Waals surface area contributed by atoms with E-state index in [9.17, 15) is 18.0 Å². The number of hydrogen-bond donors (Lipinski definition) is 3. The van der Waals surface area contributed by atoms with Crippen LogP contribution in [-0.4, -0.2) is 37.5 Å². The van der Waals surface area contributed by atoms with Gasteiger partial charge in [0.05, 0.1) is 0 Å². The van der Waals surface area contributed by atoms with E-state index in [0.717, 1.165) is 0 Å². The molecule has 0 radical (unpaired) electrons. The van der Waals surface area contributed by atoms with E-state index in [1.165, 1.54) is 12.1 Å². The van der Waals surface area contributed by atoms with Gasteiger partial charge in [0.15, 0.2) is 0 Å². The Labute approximate surface area is 127 Å². The summed E-state index contributed by atoms with van der Waals surface area (Å²) in [6, 6.07) is 2.46. The molecule has 3 N–H and O–H groups in total. The smallest absolute Gasteiger partial charge is 0.345 e. The van der Waals surface area contributed by atoms with Crippen molar-refractivity contribution >= 4 is 33.2 Å². The number of carbonyl (C=O) groups excluding carboxylic acids is 1. The first-order chi connectivity index (χ1) is 9.51. The van der Waals surface area contributed by atoms with Gasteiger partial charge in [-0.1, -0.05) is 0 Å². The first-order valence-electron chi connectivity index (χ1n) is 6.15. The molecule has 9 heteroatoms. The molecule has 0 saturated heterocycles. The molecule has 0 spiro atoms. The Kier molecular flexibility index (Phi) is 5.48. The van der Waals surface area contributed by atoms with Crippen molar-refractivity contribution < 1.29 is 23.1 Å². The maximum Gasteiger partial charge on any atom is 0.345 e. The number of aromatic carboxylic acids is 1. The fraction of sp³-hybridized carbons (Fsp3) is 0.500. The summed E-state index contributed by atoms with van der Waals surface area (Å²) in [5.74, 6) is -1.44. The van der Waals surface area contributed by atoms with Gasteiger partial charge in [0, 0.05) is 18.5 Å². The molecule has 0 atom stereocenters. The first kappa shape index (κ1) is 17.6. The van der Waals surface area contributed by atoms with Gasteiger partial charge in [-0.3, -0.25) is 4.79 Å². The minimum Gasteiger partial charge on any atom is -0.477 e. The lowest BCUT2D eigenvalue weighted by Gasteiger charge is -2.20. The molecule has 0 aromatic carbocycles. The van der Waals surface area contributed by atoms with Crippen LogP contribution in [0.2, 0.25) is 0 Å². The van der Waals surface area contributed by atoms with Gasteiger partial charge in [0.25, 0.3) is 0 Å². The van der Waals surface area contributed by atoms with Crippen molar-refractivity contribution in [3.8, 4) is 0 Å². The van der Waals surface area contributed by atoms with Crippen LogP contribution in [0.1, 0.15) is 36.9 Å². The number of nitrogens with one attached hydrogen (secondary N) is 2. The van der Waals surface area contributed by atoms with E-state index in [-0.39, 0.29) is 33.5 Å².